The van der Waals surface area contributed by atoms with Gasteiger partial charge in [0.1, 0.15) is 11.4 Å². The number of hydrogen-bond donors (Lipinski definition) is 2. The number of anilines is 2. The van der Waals surface area contributed by atoms with Crippen molar-refractivity contribution in [3.05, 3.63) is 47.7 Å². The molecule has 128 valence electrons. The highest BCUT2D eigenvalue weighted by Crippen LogP contribution is 2.22. The molecule has 1 heterocycles. The zero-order valence-electron chi connectivity index (χ0n) is 13.6. The van der Waals surface area contributed by atoms with Crippen LogP contribution >= 0.6 is 0 Å². The Morgan fingerprint density at radius 1 is 1.25 bits per heavy atom. The molecule has 0 bridgehead atoms. The number of nitrogens with one attached hydrogen (secondary N) is 1. The second-order valence-electron chi connectivity index (χ2n) is 5.40. The lowest BCUT2D eigenvalue weighted by atomic mass is 10.2. The molecule has 1 aromatic carbocycles. The minimum absolute atomic E-state index is 0.0819. The van der Waals surface area contributed by atoms with Crippen LogP contribution in [0.1, 0.15) is 22.8 Å². The number of sulfonamides is 1. The van der Waals surface area contributed by atoms with Crippen molar-refractivity contribution in [2.45, 2.75) is 18.2 Å². The van der Waals surface area contributed by atoms with E-state index in [1.54, 1.807) is 31.1 Å². The van der Waals surface area contributed by atoms with Gasteiger partial charge in [0.25, 0.3) is 10.0 Å². The summed E-state index contributed by atoms with van der Waals surface area (Å²) in [6, 6.07) is 7.76. The molecule has 0 unspecified atom stereocenters. The summed E-state index contributed by atoms with van der Waals surface area (Å²) in [5.41, 5.74) is 1.04. The quantitative estimate of drug-likeness (QED) is 0.829. The fraction of sp³-hybridized carbons (Fsp3) is 0.250. The highest BCUT2D eigenvalue weighted by Gasteiger charge is 2.18. The minimum Gasteiger partial charge on any atom is -0.478 e. The van der Waals surface area contributed by atoms with Gasteiger partial charge in [-0.25, -0.2) is 18.2 Å². The second-order valence-corrected chi connectivity index (χ2v) is 7.08. The maximum absolute atomic E-state index is 12.4. The van der Waals surface area contributed by atoms with Gasteiger partial charge >= 0.3 is 5.97 Å². The molecule has 7 nitrogen and oxygen atoms in total. The summed E-state index contributed by atoms with van der Waals surface area (Å²) in [7, 11) is -0.489. The number of nitrogens with zero attached hydrogens (tertiary/aromatic N) is 2. The van der Waals surface area contributed by atoms with E-state index >= 15 is 0 Å². The first kappa shape index (κ1) is 17.7. The van der Waals surface area contributed by atoms with Crippen LogP contribution < -0.4 is 9.62 Å². The molecular weight excluding hydrogens is 330 g/mol. The first-order chi connectivity index (χ1) is 11.2. The van der Waals surface area contributed by atoms with Crippen LogP contribution in [-0.2, 0) is 16.4 Å². The van der Waals surface area contributed by atoms with E-state index in [-0.39, 0.29) is 22.0 Å². The molecule has 0 saturated carbocycles. The first-order valence-corrected chi connectivity index (χ1v) is 8.75. The van der Waals surface area contributed by atoms with Crippen molar-refractivity contribution >= 4 is 27.5 Å². The minimum atomic E-state index is -3.81. The highest BCUT2D eigenvalue weighted by atomic mass is 32.2. The summed E-state index contributed by atoms with van der Waals surface area (Å²) in [5, 5.41) is 9.27. The van der Waals surface area contributed by atoms with E-state index in [0.717, 1.165) is 12.0 Å². The normalized spacial score (nSPS) is 11.1. The van der Waals surface area contributed by atoms with Crippen molar-refractivity contribution < 1.29 is 18.3 Å². The number of carbonyl (C=O) groups is 1. The smallest absolute Gasteiger partial charge is 0.339 e. The highest BCUT2D eigenvalue weighted by molar-refractivity contribution is 7.92. The Morgan fingerprint density at radius 2 is 1.88 bits per heavy atom. The fourth-order valence-corrected chi connectivity index (χ4v) is 3.18. The first-order valence-electron chi connectivity index (χ1n) is 7.27. The molecule has 2 N–H and O–H groups in total. The molecule has 0 spiro atoms. The molecule has 2 aromatic rings. The monoisotopic (exact) mass is 349 g/mol. The van der Waals surface area contributed by atoms with Crippen molar-refractivity contribution in [1.29, 1.82) is 0 Å². The van der Waals surface area contributed by atoms with E-state index in [9.17, 15) is 18.3 Å². The summed E-state index contributed by atoms with van der Waals surface area (Å²) in [4.78, 5) is 17.0. The Balaban J connectivity index is 2.35. The van der Waals surface area contributed by atoms with Crippen LogP contribution in [-0.4, -0.2) is 38.6 Å². The lowest BCUT2D eigenvalue weighted by molar-refractivity contribution is 0.0697. The van der Waals surface area contributed by atoms with Crippen LogP contribution in [0.5, 0.6) is 0 Å². The van der Waals surface area contributed by atoms with Crippen LogP contribution in [0.4, 0.5) is 11.5 Å². The summed E-state index contributed by atoms with van der Waals surface area (Å²) in [5.74, 6) is -0.933. The van der Waals surface area contributed by atoms with E-state index < -0.39 is 16.0 Å². The molecule has 0 radical (unpaired) electrons. The number of pyridine rings is 1. The van der Waals surface area contributed by atoms with Gasteiger partial charge in [0.15, 0.2) is 0 Å². The molecule has 0 aliphatic rings. The number of benzene rings is 1. The number of hydrogen-bond acceptors (Lipinski definition) is 5. The van der Waals surface area contributed by atoms with Crippen LogP contribution in [0.25, 0.3) is 0 Å². The SMILES string of the molecule is CCc1ccc(S(=O)(=O)Nc2cnc(N(C)C)c(C(=O)O)c2)cc1. The van der Waals surface area contributed by atoms with Gasteiger partial charge in [-0.1, -0.05) is 19.1 Å². The molecule has 1 aromatic heterocycles. The van der Waals surface area contributed by atoms with E-state index in [1.165, 1.54) is 24.4 Å². The average Bonchev–Trinajstić information content (AvgIpc) is 2.54. The van der Waals surface area contributed by atoms with Crippen molar-refractivity contribution in [1.82, 2.24) is 4.98 Å². The van der Waals surface area contributed by atoms with Crippen molar-refractivity contribution in [3.8, 4) is 0 Å². The van der Waals surface area contributed by atoms with Gasteiger partial charge in [0.05, 0.1) is 16.8 Å². The van der Waals surface area contributed by atoms with Gasteiger partial charge in [-0.3, -0.25) is 4.72 Å². The fourth-order valence-electron chi connectivity index (χ4n) is 2.15. The summed E-state index contributed by atoms with van der Waals surface area (Å²) in [6.45, 7) is 1.98. The van der Waals surface area contributed by atoms with Crippen LogP contribution in [0.3, 0.4) is 0 Å². The number of rotatable bonds is 6. The Kier molecular flexibility index (Phi) is 5.08. The predicted molar refractivity (Wildman–Crippen MR) is 92.2 cm³/mol. The number of aromatic nitrogens is 1. The van der Waals surface area contributed by atoms with Crippen LogP contribution in [0, 0.1) is 0 Å². The van der Waals surface area contributed by atoms with Gasteiger partial charge in [-0.15, -0.1) is 0 Å². The summed E-state index contributed by atoms with van der Waals surface area (Å²) < 4.78 is 27.2. The molecule has 0 atom stereocenters. The maximum atomic E-state index is 12.4. The topological polar surface area (TPSA) is 99.6 Å². The number of carboxylic acid groups (broad SMARTS) is 1. The van der Waals surface area contributed by atoms with E-state index in [2.05, 4.69) is 9.71 Å². The molecule has 0 saturated heterocycles. The molecule has 0 aliphatic carbocycles. The third-order valence-corrected chi connectivity index (χ3v) is 4.81. The summed E-state index contributed by atoms with van der Waals surface area (Å²) in [6.07, 6.45) is 2.10. The van der Waals surface area contributed by atoms with E-state index in [0.29, 0.717) is 0 Å². The molecule has 8 heteroatoms. The van der Waals surface area contributed by atoms with Gasteiger partial charge in [0, 0.05) is 14.1 Å². The second kappa shape index (κ2) is 6.88. The molecular formula is C16H19N3O4S. The average molecular weight is 349 g/mol. The predicted octanol–water partition coefficient (Wildman–Crippen LogP) is 2.21. The van der Waals surface area contributed by atoms with Gasteiger partial charge in [-0.2, -0.15) is 0 Å². The molecule has 24 heavy (non-hydrogen) atoms. The van der Waals surface area contributed by atoms with Crippen LogP contribution in [0.15, 0.2) is 41.4 Å². The number of carboxylic acids is 1. The Morgan fingerprint density at radius 3 is 2.38 bits per heavy atom. The Hall–Kier alpha value is -2.61. The maximum Gasteiger partial charge on any atom is 0.339 e. The van der Waals surface area contributed by atoms with Gasteiger partial charge in [-0.05, 0) is 30.2 Å². The molecule has 0 aliphatic heterocycles. The Labute approximate surface area is 141 Å². The summed E-state index contributed by atoms with van der Waals surface area (Å²) >= 11 is 0. The van der Waals surface area contributed by atoms with Gasteiger partial charge in [0.2, 0.25) is 0 Å². The Bertz CT molecular complexity index is 846. The number of aryl methyl sites for hydroxylation is 1. The van der Waals surface area contributed by atoms with Crippen LogP contribution in [0.2, 0.25) is 0 Å². The molecule has 0 fully saturated rings. The molecule has 0 amide bonds. The van der Waals surface area contributed by atoms with E-state index in [4.69, 9.17) is 0 Å². The third-order valence-electron chi connectivity index (χ3n) is 3.41. The van der Waals surface area contributed by atoms with Crippen molar-refractivity contribution in [2.24, 2.45) is 0 Å². The number of aromatic carboxylic acids is 1. The zero-order chi connectivity index (χ0) is 17.9. The van der Waals surface area contributed by atoms with Crippen molar-refractivity contribution in [3.63, 3.8) is 0 Å². The zero-order valence-corrected chi connectivity index (χ0v) is 14.5. The lowest BCUT2D eigenvalue weighted by Gasteiger charge is -2.15. The third kappa shape index (κ3) is 3.83. The standard InChI is InChI=1S/C16H19N3O4S/c1-4-11-5-7-13(8-6-11)24(22,23)18-12-9-14(16(20)21)15(17-10-12)19(2)3/h5-10,18H,4H2,1-3H3,(H,20,21). The largest absolute Gasteiger partial charge is 0.478 e. The van der Waals surface area contributed by atoms with Gasteiger partial charge < -0.3 is 10.0 Å². The lowest BCUT2D eigenvalue weighted by Crippen LogP contribution is -2.18. The van der Waals surface area contributed by atoms with E-state index in [1.807, 2.05) is 6.92 Å². The van der Waals surface area contributed by atoms with Crippen molar-refractivity contribution in [2.75, 3.05) is 23.7 Å². The molecule has 2 rings (SSSR count).